The van der Waals surface area contributed by atoms with Gasteiger partial charge in [0.1, 0.15) is 12.1 Å². The van der Waals surface area contributed by atoms with Crippen LogP contribution in [-0.2, 0) is 6.42 Å². The number of rotatable bonds is 3. The molecule has 136 valence electrons. The maximum absolute atomic E-state index is 4.44. The summed E-state index contributed by atoms with van der Waals surface area (Å²) in [6, 6.07) is 8.67. The van der Waals surface area contributed by atoms with E-state index in [0.717, 1.165) is 37.4 Å². The number of hydrogen-bond acceptors (Lipinski definition) is 4. The highest BCUT2D eigenvalue weighted by Crippen LogP contribution is 2.32. The summed E-state index contributed by atoms with van der Waals surface area (Å²) in [5.74, 6) is 1.71. The van der Waals surface area contributed by atoms with Crippen LogP contribution in [0, 0.1) is 6.92 Å². The smallest absolute Gasteiger partial charge is 0.254 e. The van der Waals surface area contributed by atoms with Crippen LogP contribution in [0.4, 0.5) is 5.82 Å². The average Bonchev–Trinajstić information content (AvgIpc) is 3.34. The van der Waals surface area contributed by atoms with E-state index in [1.54, 1.807) is 6.33 Å². The van der Waals surface area contributed by atoms with E-state index in [4.69, 9.17) is 0 Å². The Hall–Kier alpha value is -3.15. The van der Waals surface area contributed by atoms with Crippen LogP contribution in [0.3, 0.4) is 0 Å². The van der Waals surface area contributed by atoms with Crippen LogP contribution in [0.25, 0.3) is 22.3 Å². The summed E-state index contributed by atoms with van der Waals surface area (Å²) in [6.45, 7) is 6.01. The van der Waals surface area contributed by atoms with E-state index in [-0.39, 0.29) is 0 Å². The van der Waals surface area contributed by atoms with Gasteiger partial charge in [0.25, 0.3) is 5.78 Å². The van der Waals surface area contributed by atoms with E-state index in [9.17, 15) is 0 Å². The fourth-order valence-electron chi connectivity index (χ4n) is 4.04. The highest BCUT2D eigenvalue weighted by Gasteiger charge is 2.19. The summed E-state index contributed by atoms with van der Waals surface area (Å²) < 4.78 is 1.82. The van der Waals surface area contributed by atoms with Gasteiger partial charge in [-0.3, -0.25) is 0 Å². The average molecular weight is 358 g/mol. The van der Waals surface area contributed by atoms with Crippen LogP contribution >= 0.6 is 0 Å². The minimum atomic E-state index is 0.656. The van der Waals surface area contributed by atoms with Crippen molar-refractivity contribution in [2.24, 2.45) is 0 Å². The Kier molecular flexibility index (Phi) is 3.70. The molecule has 1 aliphatic heterocycles. The lowest BCUT2D eigenvalue weighted by molar-refractivity contribution is 0.778. The van der Waals surface area contributed by atoms with E-state index in [2.05, 4.69) is 68.4 Å². The van der Waals surface area contributed by atoms with Gasteiger partial charge in [-0.1, -0.05) is 31.2 Å². The number of aromatic amines is 1. The Morgan fingerprint density at radius 3 is 3.00 bits per heavy atom. The van der Waals surface area contributed by atoms with Gasteiger partial charge in [0.05, 0.1) is 0 Å². The number of H-pyrrole nitrogens is 1. The zero-order chi connectivity index (χ0) is 18.4. The quantitative estimate of drug-likeness (QED) is 0.605. The molecule has 6 heteroatoms. The molecule has 5 rings (SSSR count). The molecule has 1 N–H and O–H groups in total. The second kappa shape index (κ2) is 6.23. The summed E-state index contributed by atoms with van der Waals surface area (Å²) in [7, 11) is 0. The second-order valence-corrected chi connectivity index (χ2v) is 7.05. The van der Waals surface area contributed by atoms with E-state index in [1.807, 2.05) is 11.4 Å². The Morgan fingerprint density at radius 1 is 1.26 bits per heavy atom. The number of fused-ring (bicyclic) bond motifs is 2. The van der Waals surface area contributed by atoms with Crippen molar-refractivity contribution in [3.63, 3.8) is 0 Å². The van der Waals surface area contributed by atoms with Gasteiger partial charge in [-0.15, -0.1) is 0 Å². The largest absolute Gasteiger partial charge is 0.360 e. The summed E-state index contributed by atoms with van der Waals surface area (Å²) in [6.07, 6.45) is 8.11. The number of para-hydroxylation sites is 1. The van der Waals surface area contributed by atoms with Crippen molar-refractivity contribution in [1.82, 2.24) is 24.6 Å². The Bertz CT molecular complexity index is 1170. The molecule has 4 heterocycles. The Morgan fingerprint density at radius 2 is 2.19 bits per heavy atom. The minimum absolute atomic E-state index is 0.656. The summed E-state index contributed by atoms with van der Waals surface area (Å²) in [5, 5.41) is 5.67. The summed E-state index contributed by atoms with van der Waals surface area (Å²) in [5.41, 5.74) is 6.34. The second-order valence-electron chi connectivity index (χ2n) is 7.05. The Balaban J connectivity index is 1.49. The number of hydrogen-bond donors (Lipinski definition) is 1. The molecule has 1 aliphatic rings. The number of aromatic nitrogens is 5. The normalized spacial score (nSPS) is 14.9. The molecule has 0 fully saturated rings. The van der Waals surface area contributed by atoms with Crippen molar-refractivity contribution in [3.8, 4) is 0 Å². The predicted octanol–water partition coefficient (Wildman–Crippen LogP) is 3.77. The maximum Gasteiger partial charge on any atom is 0.254 e. The third kappa shape index (κ3) is 2.60. The molecular formula is C21H22N6. The first-order valence-corrected chi connectivity index (χ1v) is 9.45. The first-order chi connectivity index (χ1) is 13.2. The predicted molar refractivity (Wildman–Crippen MR) is 108 cm³/mol. The van der Waals surface area contributed by atoms with E-state index in [1.165, 1.54) is 27.6 Å². The molecule has 0 bridgehead atoms. The van der Waals surface area contributed by atoms with E-state index >= 15 is 0 Å². The van der Waals surface area contributed by atoms with Crippen LogP contribution in [0.5, 0.6) is 0 Å². The van der Waals surface area contributed by atoms with Gasteiger partial charge in [0, 0.05) is 47.5 Å². The molecule has 0 amide bonds. The zero-order valence-corrected chi connectivity index (χ0v) is 15.6. The van der Waals surface area contributed by atoms with Crippen molar-refractivity contribution in [2.45, 2.75) is 26.7 Å². The molecule has 1 aromatic carbocycles. The molecule has 0 spiro atoms. The van der Waals surface area contributed by atoms with Crippen LogP contribution < -0.4 is 4.90 Å². The SMILES string of the molecule is CCc1cccc2c(C3=CCN(c4cc(C)nc5ncnn45)CC3)c[nH]c12. The van der Waals surface area contributed by atoms with Crippen molar-refractivity contribution in [2.75, 3.05) is 18.0 Å². The molecule has 0 atom stereocenters. The van der Waals surface area contributed by atoms with Crippen LogP contribution in [-0.4, -0.2) is 37.7 Å². The highest BCUT2D eigenvalue weighted by molar-refractivity contribution is 5.94. The van der Waals surface area contributed by atoms with Crippen LogP contribution in [0.1, 0.15) is 30.2 Å². The fraction of sp³-hybridized carbons (Fsp3) is 0.286. The molecule has 6 nitrogen and oxygen atoms in total. The van der Waals surface area contributed by atoms with Crippen LogP contribution in [0.15, 0.2) is 42.9 Å². The number of nitrogens with zero attached hydrogens (tertiary/aromatic N) is 5. The lowest BCUT2D eigenvalue weighted by atomic mass is 9.97. The minimum Gasteiger partial charge on any atom is -0.360 e. The van der Waals surface area contributed by atoms with Crippen molar-refractivity contribution in [3.05, 3.63) is 59.7 Å². The number of nitrogens with one attached hydrogen (secondary N) is 1. The molecule has 27 heavy (non-hydrogen) atoms. The number of aryl methyl sites for hydroxylation is 2. The first-order valence-electron chi connectivity index (χ1n) is 9.45. The van der Waals surface area contributed by atoms with E-state index < -0.39 is 0 Å². The fourth-order valence-corrected chi connectivity index (χ4v) is 4.04. The van der Waals surface area contributed by atoms with Gasteiger partial charge < -0.3 is 9.88 Å². The summed E-state index contributed by atoms with van der Waals surface area (Å²) >= 11 is 0. The molecule has 0 aliphatic carbocycles. The third-order valence-corrected chi connectivity index (χ3v) is 5.42. The topological polar surface area (TPSA) is 62.1 Å². The van der Waals surface area contributed by atoms with Gasteiger partial charge in [-0.2, -0.15) is 14.6 Å². The van der Waals surface area contributed by atoms with Crippen LogP contribution in [0.2, 0.25) is 0 Å². The highest BCUT2D eigenvalue weighted by atomic mass is 15.4. The van der Waals surface area contributed by atoms with Gasteiger partial charge >= 0.3 is 0 Å². The van der Waals surface area contributed by atoms with Gasteiger partial charge in [0.15, 0.2) is 0 Å². The number of benzene rings is 1. The van der Waals surface area contributed by atoms with E-state index in [0.29, 0.717) is 5.78 Å². The lowest BCUT2D eigenvalue weighted by Crippen LogP contribution is -2.30. The third-order valence-electron chi connectivity index (χ3n) is 5.42. The van der Waals surface area contributed by atoms with Gasteiger partial charge in [-0.25, -0.2) is 4.98 Å². The maximum atomic E-state index is 4.44. The molecule has 0 radical (unpaired) electrons. The Labute approximate surface area is 157 Å². The van der Waals surface area contributed by atoms with Crippen molar-refractivity contribution < 1.29 is 0 Å². The molecule has 0 saturated carbocycles. The standard InChI is InChI=1S/C21H22N6/c1-3-15-5-4-6-17-18(12-22-20(15)17)16-7-9-26(10-8-16)19-11-14(2)25-21-23-13-24-27(19)21/h4-7,11-13,22H,3,8-10H2,1-2H3. The molecular weight excluding hydrogens is 336 g/mol. The first kappa shape index (κ1) is 16.1. The zero-order valence-electron chi connectivity index (χ0n) is 15.6. The molecule has 0 unspecified atom stereocenters. The monoisotopic (exact) mass is 358 g/mol. The lowest BCUT2D eigenvalue weighted by Gasteiger charge is -2.28. The number of anilines is 1. The molecule has 4 aromatic rings. The summed E-state index contributed by atoms with van der Waals surface area (Å²) in [4.78, 5) is 14.5. The van der Waals surface area contributed by atoms with Gasteiger partial charge in [-0.05, 0) is 30.9 Å². The van der Waals surface area contributed by atoms with Crippen molar-refractivity contribution >= 4 is 28.1 Å². The molecule has 3 aromatic heterocycles. The van der Waals surface area contributed by atoms with Crippen molar-refractivity contribution in [1.29, 1.82) is 0 Å². The van der Waals surface area contributed by atoms with Gasteiger partial charge in [0.2, 0.25) is 0 Å². The molecule has 0 saturated heterocycles.